The number of hydrogen-bond donors (Lipinski definition) is 2. The SMILES string of the molecule is CC(=NNC(=O)c1cc(Cl)ccc1O)C(C)C. The van der Waals surface area contributed by atoms with Gasteiger partial charge in [0.1, 0.15) is 5.75 Å². The fourth-order valence-corrected chi connectivity index (χ4v) is 1.19. The molecule has 2 N–H and O–H groups in total. The molecule has 0 unspecified atom stereocenters. The summed E-state index contributed by atoms with van der Waals surface area (Å²) in [5.41, 5.74) is 3.29. The highest BCUT2D eigenvalue weighted by atomic mass is 35.5. The van der Waals surface area contributed by atoms with Crippen LogP contribution in [0.15, 0.2) is 23.3 Å². The number of amides is 1. The van der Waals surface area contributed by atoms with Crippen molar-refractivity contribution in [3.05, 3.63) is 28.8 Å². The van der Waals surface area contributed by atoms with E-state index in [2.05, 4.69) is 10.5 Å². The number of rotatable bonds is 3. The van der Waals surface area contributed by atoms with Gasteiger partial charge in [-0.25, -0.2) is 5.43 Å². The van der Waals surface area contributed by atoms with Crippen LogP contribution in [0.5, 0.6) is 5.75 Å². The Morgan fingerprint density at radius 3 is 2.71 bits per heavy atom. The van der Waals surface area contributed by atoms with Gasteiger partial charge in [-0.05, 0) is 31.0 Å². The third-order valence-corrected chi connectivity index (χ3v) is 2.61. The minimum absolute atomic E-state index is 0.109. The first kappa shape index (κ1) is 13.5. The average molecular weight is 255 g/mol. The zero-order chi connectivity index (χ0) is 13.0. The molecule has 0 aliphatic heterocycles. The van der Waals surface area contributed by atoms with Gasteiger partial charge in [-0.15, -0.1) is 0 Å². The van der Waals surface area contributed by atoms with Crippen molar-refractivity contribution in [3.8, 4) is 5.75 Å². The van der Waals surface area contributed by atoms with Crippen LogP contribution in [0.25, 0.3) is 0 Å². The monoisotopic (exact) mass is 254 g/mol. The van der Waals surface area contributed by atoms with Gasteiger partial charge in [0.05, 0.1) is 5.56 Å². The topological polar surface area (TPSA) is 61.7 Å². The van der Waals surface area contributed by atoms with E-state index in [-0.39, 0.29) is 17.2 Å². The summed E-state index contributed by atoms with van der Waals surface area (Å²) in [6, 6.07) is 4.28. The maximum atomic E-state index is 11.7. The highest BCUT2D eigenvalue weighted by molar-refractivity contribution is 6.31. The van der Waals surface area contributed by atoms with E-state index in [4.69, 9.17) is 11.6 Å². The number of nitrogens with one attached hydrogen (secondary N) is 1. The zero-order valence-corrected chi connectivity index (χ0v) is 10.7. The minimum atomic E-state index is -0.481. The Kier molecular flexibility index (Phi) is 4.52. The van der Waals surface area contributed by atoms with Crippen LogP contribution in [0.3, 0.4) is 0 Å². The Bertz CT molecular complexity index is 456. The first-order valence-corrected chi connectivity index (χ1v) is 5.62. The van der Waals surface area contributed by atoms with Crippen LogP contribution < -0.4 is 5.43 Å². The minimum Gasteiger partial charge on any atom is -0.507 e. The second-order valence-corrected chi connectivity index (χ2v) is 4.45. The fourth-order valence-electron chi connectivity index (χ4n) is 1.02. The van der Waals surface area contributed by atoms with Crippen molar-refractivity contribution < 1.29 is 9.90 Å². The summed E-state index contributed by atoms with van der Waals surface area (Å²) >= 11 is 5.75. The van der Waals surface area contributed by atoms with E-state index >= 15 is 0 Å². The second-order valence-electron chi connectivity index (χ2n) is 4.01. The molecule has 0 heterocycles. The van der Waals surface area contributed by atoms with Crippen LogP contribution in [-0.4, -0.2) is 16.7 Å². The van der Waals surface area contributed by atoms with E-state index in [1.165, 1.54) is 18.2 Å². The first-order chi connectivity index (χ1) is 7.91. The van der Waals surface area contributed by atoms with Crippen LogP contribution in [0.1, 0.15) is 31.1 Å². The maximum absolute atomic E-state index is 11.7. The third kappa shape index (κ3) is 3.75. The number of phenols is 1. The highest BCUT2D eigenvalue weighted by Crippen LogP contribution is 2.21. The number of hydrazone groups is 1. The number of halogens is 1. The maximum Gasteiger partial charge on any atom is 0.275 e. The molecule has 1 rings (SSSR count). The lowest BCUT2D eigenvalue weighted by Gasteiger charge is -2.06. The Labute approximate surface area is 105 Å². The molecule has 0 radical (unpaired) electrons. The molecule has 1 aromatic carbocycles. The molecule has 0 aromatic heterocycles. The smallest absolute Gasteiger partial charge is 0.275 e. The lowest BCUT2D eigenvalue weighted by Crippen LogP contribution is -2.20. The van der Waals surface area contributed by atoms with Crippen molar-refractivity contribution in [1.82, 2.24) is 5.43 Å². The van der Waals surface area contributed by atoms with Gasteiger partial charge in [-0.2, -0.15) is 5.10 Å². The molecule has 92 valence electrons. The molecule has 0 fully saturated rings. The molecule has 0 aliphatic carbocycles. The molecular formula is C12H15ClN2O2. The van der Waals surface area contributed by atoms with Crippen LogP contribution in [0.2, 0.25) is 5.02 Å². The summed E-state index contributed by atoms with van der Waals surface area (Å²) in [5.74, 6) is -0.349. The van der Waals surface area contributed by atoms with E-state index in [9.17, 15) is 9.90 Å². The number of phenolic OH excluding ortho intramolecular Hbond substituents is 1. The van der Waals surface area contributed by atoms with Gasteiger partial charge in [0.2, 0.25) is 0 Å². The standard InChI is InChI=1S/C12H15ClN2O2/c1-7(2)8(3)14-15-12(17)10-6-9(13)4-5-11(10)16/h4-7,16H,1-3H3,(H,15,17). The molecule has 1 aromatic rings. The molecule has 1 amide bonds. The lowest BCUT2D eigenvalue weighted by molar-refractivity contribution is 0.0952. The molecule has 0 saturated carbocycles. The van der Waals surface area contributed by atoms with Crippen molar-refractivity contribution in [1.29, 1.82) is 0 Å². The Hall–Kier alpha value is -1.55. The van der Waals surface area contributed by atoms with E-state index in [0.29, 0.717) is 5.02 Å². The van der Waals surface area contributed by atoms with Crippen molar-refractivity contribution in [2.75, 3.05) is 0 Å². The highest BCUT2D eigenvalue weighted by Gasteiger charge is 2.11. The lowest BCUT2D eigenvalue weighted by atomic mass is 10.1. The van der Waals surface area contributed by atoms with Gasteiger partial charge >= 0.3 is 0 Å². The Balaban J connectivity index is 2.84. The van der Waals surface area contributed by atoms with Crippen LogP contribution >= 0.6 is 11.6 Å². The quantitative estimate of drug-likeness (QED) is 0.644. The number of aromatic hydroxyl groups is 1. The predicted molar refractivity (Wildman–Crippen MR) is 68.5 cm³/mol. The normalized spacial score (nSPS) is 11.7. The molecule has 4 nitrogen and oxygen atoms in total. The number of carbonyl (C=O) groups is 1. The van der Waals surface area contributed by atoms with Gasteiger partial charge in [0.25, 0.3) is 5.91 Å². The molecule has 5 heteroatoms. The summed E-state index contributed by atoms with van der Waals surface area (Å²) in [5, 5.41) is 13.8. The summed E-state index contributed by atoms with van der Waals surface area (Å²) < 4.78 is 0. The molecule has 0 aliphatic rings. The van der Waals surface area contributed by atoms with Crippen LogP contribution in [0, 0.1) is 5.92 Å². The molecule has 0 atom stereocenters. The summed E-state index contributed by atoms with van der Waals surface area (Å²) in [4.78, 5) is 11.7. The van der Waals surface area contributed by atoms with Crippen molar-refractivity contribution in [3.63, 3.8) is 0 Å². The number of carbonyl (C=O) groups excluding carboxylic acids is 1. The van der Waals surface area contributed by atoms with Gasteiger partial charge < -0.3 is 5.11 Å². The summed E-state index contributed by atoms with van der Waals surface area (Å²) in [6.07, 6.45) is 0. The number of nitrogens with zero attached hydrogens (tertiary/aromatic N) is 1. The molecular weight excluding hydrogens is 240 g/mol. The average Bonchev–Trinajstić information content (AvgIpc) is 2.28. The molecule has 0 saturated heterocycles. The predicted octanol–water partition coefficient (Wildman–Crippen LogP) is 2.81. The van der Waals surface area contributed by atoms with Gasteiger partial charge in [-0.3, -0.25) is 4.79 Å². The van der Waals surface area contributed by atoms with Gasteiger partial charge in [0.15, 0.2) is 0 Å². The van der Waals surface area contributed by atoms with E-state index in [1.54, 1.807) is 0 Å². The third-order valence-electron chi connectivity index (χ3n) is 2.37. The fraction of sp³-hybridized carbons (Fsp3) is 0.333. The van der Waals surface area contributed by atoms with Crippen LogP contribution in [0.4, 0.5) is 0 Å². The van der Waals surface area contributed by atoms with Gasteiger partial charge in [-0.1, -0.05) is 25.4 Å². The van der Waals surface area contributed by atoms with E-state index in [1.807, 2.05) is 20.8 Å². The van der Waals surface area contributed by atoms with E-state index in [0.717, 1.165) is 5.71 Å². The number of benzene rings is 1. The van der Waals surface area contributed by atoms with Gasteiger partial charge in [0, 0.05) is 10.7 Å². The molecule has 17 heavy (non-hydrogen) atoms. The zero-order valence-electron chi connectivity index (χ0n) is 9.99. The Morgan fingerprint density at radius 1 is 1.47 bits per heavy atom. The van der Waals surface area contributed by atoms with Crippen molar-refractivity contribution >= 4 is 23.2 Å². The summed E-state index contributed by atoms with van der Waals surface area (Å²) in [6.45, 7) is 5.77. The van der Waals surface area contributed by atoms with Crippen molar-refractivity contribution in [2.45, 2.75) is 20.8 Å². The van der Waals surface area contributed by atoms with E-state index < -0.39 is 5.91 Å². The first-order valence-electron chi connectivity index (χ1n) is 5.25. The largest absolute Gasteiger partial charge is 0.507 e. The second kappa shape index (κ2) is 5.68. The van der Waals surface area contributed by atoms with Crippen molar-refractivity contribution in [2.24, 2.45) is 11.0 Å². The number of hydrogen-bond acceptors (Lipinski definition) is 3. The Morgan fingerprint density at radius 2 is 2.12 bits per heavy atom. The molecule has 0 bridgehead atoms. The van der Waals surface area contributed by atoms with Crippen LogP contribution in [-0.2, 0) is 0 Å². The summed E-state index contributed by atoms with van der Waals surface area (Å²) in [7, 11) is 0. The molecule has 0 spiro atoms.